The van der Waals surface area contributed by atoms with E-state index in [1.54, 1.807) is 10.9 Å². The van der Waals surface area contributed by atoms with Gasteiger partial charge in [-0.1, -0.05) is 47.2 Å². The molecule has 3 rings (SSSR count). The van der Waals surface area contributed by atoms with Crippen molar-refractivity contribution in [2.75, 3.05) is 0 Å². The van der Waals surface area contributed by atoms with E-state index in [-0.39, 0.29) is 5.91 Å². The van der Waals surface area contributed by atoms with E-state index in [9.17, 15) is 4.79 Å². The standard InChI is InChI=1S/C18H18N4O/c1-13-7-9-16(10-8-13)22-12-17(20-21-22)18(23)19-11-15-6-4-3-5-14(15)2/h3-10,12H,11H2,1-2H3,(H,19,23). The first-order valence-corrected chi connectivity index (χ1v) is 7.45. The van der Waals surface area contributed by atoms with Crippen LogP contribution in [0.25, 0.3) is 5.69 Å². The quantitative estimate of drug-likeness (QED) is 0.806. The van der Waals surface area contributed by atoms with E-state index in [1.807, 2.05) is 62.4 Å². The Labute approximate surface area is 135 Å². The van der Waals surface area contributed by atoms with Gasteiger partial charge < -0.3 is 5.32 Å². The minimum Gasteiger partial charge on any atom is -0.347 e. The summed E-state index contributed by atoms with van der Waals surface area (Å²) < 4.78 is 1.60. The summed E-state index contributed by atoms with van der Waals surface area (Å²) in [5, 5.41) is 10.8. The van der Waals surface area contributed by atoms with Crippen molar-refractivity contribution in [3.63, 3.8) is 0 Å². The Hall–Kier alpha value is -2.95. The van der Waals surface area contributed by atoms with Gasteiger partial charge in [0.1, 0.15) is 0 Å². The predicted octanol–water partition coefficient (Wildman–Crippen LogP) is 2.81. The number of benzene rings is 2. The molecule has 1 aromatic heterocycles. The Kier molecular flexibility index (Phi) is 4.19. The number of carbonyl (C=O) groups is 1. The largest absolute Gasteiger partial charge is 0.347 e. The average Bonchev–Trinajstić information content (AvgIpc) is 3.04. The number of hydrogen-bond acceptors (Lipinski definition) is 3. The molecule has 2 aromatic carbocycles. The molecule has 5 heteroatoms. The SMILES string of the molecule is Cc1ccc(-n2cc(C(=O)NCc3ccccc3C)nn2)cc1. The van der Waals surface area contributed by atoms with Crippen LogP contribution >= 0.6 is 0 Å². The number of nitrogens with one attached hydrogen (secondary N) is 1. The van der Waals surface area contributed by atoms with E-state index in [1.165, 1.54) is 5.56 Å². The second-order valence-corrected chi connectivity index (χ2v) is 5.49. The monoisotopic (exact) mass is 306 g/mol. The van der Waals surface area contributed by atoms with Crippen molar-refractivity contribution in [1.29, 1.82) is 0 Å². The maximum Gasteiger partial charge on any atom is 0.273 e. The van der Waals surface area contributed by atoms with Crippen molar-refractivity contribution >= 4 is 5.91 Å². The fourth-order valence-corrected chi connectivity index (χ4v) is 2.27. The van der Waals surface area contributed by atoms with Crippen LogP contribution in [-0.2, 0) is 6.54 Å². The van der Waals surface area contributed by atoms with Gasteiger partial charge in [0.25, 0.3) is 5.91 Å². The highest BCUT2D eigenvalue weighted by molar-refractivity contribution is 5.91. The fourth-order valence-electron chi connectivity index (χ4n) is 2.27. The van der Waals surface area contributed by atoms with Crippen molar-refractivity contribution in [3.05, 3.63) is 77.1 Å². The van der Waals surface area contributed by atoms with Crippen molar-refractivity contribution in [2.45, 2.75) is 20.4 Å². The molecule has 116 valence electrons. The van der Waals surface area contributed by atoms with E-state index in [2.05, 4.69) is 15.6 Å². The van der Waals surface area contributed by atoms with Gasteiger partial charge in [-0.2, -0.15) is 0 Å². The number of rotatable bonds is 4. The van der Waals surface area contributed by atoms with Gasteiger partial charge in [-0.05, 0) is 37.1 Å². The van der Waals surface area contributed by atoms with E-state index in [4.69, 9.17) is 0 Å². The Bertz CT molecular complexity index is 821. The summed E-state index contributed by atoms with van der Waals surface area (Å²) in [6.45, 7) is 4.52. The van der Waals surface area contributed by atoms with Crippen LogP contribution in [0, 0.1) is 13.8 Å². The molecule has 0 saturated carbocycles. The molecule has 0 bridgehead atoms. The fraction of sp³-hybridized carbons (Fsp3) is 0.167. The van der Waals surface area contributed by atoms with Gasteiger partial charge in [0, 0.05) is 6.54 Å². The molecular weight excluding hydrogens is 288 g/mol. The van der Waals surface area contributed by atoms with E-state index in [0.29, 0.717) is 12.2 Å². The van der Waals surface area contributed by atoms with Crippen molar-refractivity contribution < 1.29 is 4.79 Å². The summed E-state index contributed by atoms with van der Waals surface area (Å²) in [4.78, 5) is 12.2. The lowest BCUT2D eigenvalue weighted by Gasteiger charge is -2.06. The summed E-state index contributed by atoms with van der Waals surface area (Å²) in [5.74, 6) is -0.230. The number of nitrogens with zero attached hydrogens (tertiary/aromatic N) is 3. The third-order valence-electron chi connectivity index (χ3n) is 3.73. The van der Waals surface area contributed by atoms with Gasteiger partial charge in [0.2, 0.25) is 0 Å². The molecule has 1 heterocycles. The Morgan fingerprint density at radius 2 is 1.83 bits per heavy atom. The summed E-state index contributed by atoms with van der Waals surface area (Å²) in [7, 11) is 0. The zero-order chi connectivity index (χ0) is 16.2. The Morgan fingerprint density at radius 3 is 2.57 bits per heavy atom. The minimum atomic E-state index is -0.230. The molecule has 0 unspecified atom stereocenters. The van der Waals surface area contributed by atoms with E-state index in [0.717, 1.165) is 16.8 Å². The van der Waals surface area contributed by atoms with Crippen LogP contribution in [0.3, 0.4) is 0 Å². The topological polar surface area (TPSA) is 59.8 Å². The molecule has 0 saturated heterocycles. The molecule has 1 N–H and O–H groups in total. The second kappa shape index (κ2) is 6.44. The van der Waals surface area contributed by atoms with Crippen LogP contribution in [0.15, 0.2) is 54.7 Å². The maximum absolute atomic E-state index is 12.2. The molecule has 0 aliphatic carbocycles. The third-order valence-corrected chi connectivity index (χ3v) is 3.73. The van der Waals surface area contributed by atoms with Crippen LogP contribution in [0.1, 0.15) is 27.2 Å². The normalized spacial score (nSPS) is 10.5. The van der Waals surface area contributed by atoms with Gasteiger partial charge in [0.05, 0.1) is 11.9 Å². The van der Waals surface area contributed by atoms with Gasteiger partial charge in [-0.3, -0.25) is 4.79 Å². The first-order valence-electron chi connectivity index (χ1n) is 7.45. The molecular formula is C18H18N4O. The van der Waals surface area contributed by atoms with Crippen molar-refractivity contribution in [1.82, 2.24) is 20.3 Å². The van der Waals surface area contributed by atoms with Crippen LogP contribution in [0.4, 0.5) is 0 Å². The smallest absolute Gasteiger partial charge is 0.273 e. The predicted molar refractivity (Wildman–Crippen MR) is 88.4 cm³/mol. The van der Waals surface area contributed by atoms with E-state index < -0.39 is 0 Å². The van der Waals surface area contributed by atoms with Gasteiger partial charge >= 0.3 is 0 Å². The number of hydrogen-bond donors (Lipinski definition) is 1. The number of amides is 1. The van der Waals surface area contributed by atoms with Crippen LogP contribution < -0.4 is 5.32 Å². The first kappa shape index (κ1) is 15.0. The van der Waals surface area contributed by atoms with Gasteiger partial charge in [-0.15, -0.1) is 5.10 Å². The number of carbonyl (C=O) groups excluding carboxylic acids is 1. The zero-order valence-corrected chi connectivity index (χ0v) is 13.2. The maximum atomic E-state index is 12.2. The van der Waals surface area contributed by atoms with Gasteiger partial charge in [0.15, 0.2) is 5.69 Å². The summed E-state index contributed by atoms with van der Waals surface area (Å²) in [6.07, 6.45) is 1.64. The molecule has 0 radical (unpaired) electrons. The number of aromatic nitrogens is 3. The van der Waals surface area contributed by atoms with Crippen LogP contribution in [0.2, 0.25) is 0 Å². The molecule has 1 amide bonds. The highest BCUT2D eigenvalue weighted by Gasteiger charge is 2.11. The van der Waals surface area contributed by atoms with Crippen LogP contribution in [0.5, 0.6) is 0 Å². The average molecular weight is 306 g/mol. The van der Waals surface area contributed by atoms with Crippen molar-refractivity contribution in [2.24, 2.45) is 0 Å². The Morgan fingerprint density at radius 1 is 1.09 bits per heavy atom. The molecule has 23 heavy (non-hydrogen) atoms. The number of aryl methyl sites for hydroxylation is 2. The zero-order valence-electron chi connectivity index (χ0n) is 13.2. The van der Waals surface area contributed by atoms with Crippen LogP contribution in [-0.4, -0.2) is 20.9 Å². The van der Waals surface area contributed by atoms with Gasteiger partial charge in [-0.25, -0.2) is 4.68 Å². The van der Waals surface area contributed by atoms with Crippen molar-refractivity contribution in [3.8, 4) is 5.69 Å². The lowest BCUT2D eigenvalue weighted by atomic mass is 10.1. The summed E-state index contributed by atoms with van der Waals surface area (Å²) in [6, 6.07) is 15.8. The highest BCUT2D eigenvalue weighted by Crippen LogP contribution is 2.09. The molecule has 5 nitrogen and oxygen atoms in total. The molecule has 0 spiro atoms. The second-order valence-electron chi connectivity index (χ2n) is 5.49. The van der Waals surface area contributed by atoms with E-state index >= 15 is 0 Å². The molecule has 3 aromatic rings. The first-order chi connectivity index (χ1) is 11.1. The minimum absolute atomic E-state index is 0.230. The highest BCUT2D eigenvalue weighted by atomic mass is 16.2. The molecule has 0 atom stereocenters. The molecule has 0 aliphatic heterocycles. The lowest BCUT2D eigenvalue weighted by Crippen LogP contribution is -2.23. The summed E-state index contributed by atoms with van der Waals surface area (Å²) in [5.41, 5.74) is 4.59. The molecule has 0 aliphatic rings. The Balaban J connectivity index is 1.69. The molecule has 0 fully saturated rings. The summed E-state index contributed by atoms with van der Waals surface area (Å²) >= 11 is 0. The lowest BCUT2D eigenvalue weighted by molar-refractivity contribution is 0.0946. The third kappa shape index (κ3) is 3.45.